The minimum absolute atomic E-state index is 0.468. The molecule has 0 N–H and O–H groups in total. The smallest absolute Gasteiger partial charge is 0.0731 e. The lowest BCUT2D eigenvalue weighted by Gasteiger charge is -2.32. The van der Waals surface area contributed by atoms with Crippen molar-refractivity contribution in [2.75, 3.05) is 4.90 Å². The summed E-state index contributed by atoms with van der Waals surface area (Å²) in [5.74, 6) is 0.948. The van der Waals surface area contributed by atoms with Crippen molar-refractivity contribution in [1.29, 1.82) is 0 Å². The fourth-order valence-electron chi connectivity index (χ4n) is 10.1. The van der Waals surface area contributed by atoms with Crippen LogP contribution in [0.5, 0.6) is 0 Å². The highest BCUT2D eigenvalue weighted by molar-refractivity contribution is 6.20. The molecule has 0 fully saturated rings. The first kappa shape index (κ1) is 32.9. The molecule has 268 valence electrons. The molecule has 0 unspecified atom stereocenters. The van der Waals surface area contributed by atoms with E-state index in [4.69, 9.17) is 0 Å². The van der Waals surface area contributed by atoms with Crippen molar-refractivity contribution in [1.82, 2.24) is 0 Å². The van der Waals surface area contributed by atoms with Crippen LogP contribution in [-0.2, 0) is 5.41 Å². The molecule has 11 rings (SSSR count). The molecule has 1 heteroatoms. The topological polar surface area (TPSA) is 3.24 Å². The van der Waals surface area contributed by atoms with Crippen molar-refractivity contribution in [3.8, 4) is 22.3 Å². The van der Waals surface area contributed by atoms with Gasteiger partial charge >= 0.3 is 0 Å². The van der Waals surface area contributed by atoms with Crippen LogP contribution in [-0.4, -0.2) is 0 Å². The minimum atomic E-state index is -0.468. The highest BCUT2D eigenvalue weighted by atomic mass is 15.1. The fraction of sp³-hybridized carbons (Fsp3) is 0.127. The van der Waals surface area contributed by atoms with E-state index in [9.17, 15) is 0 Å². The molecule has 0 aliphatic heterocycles. The van der Waals surface area contributed by atoms with Gasteiger partial charge in [0.1, 0.15) is 0 Å². The molecule has 0 aromatic heterocycles. The highest BCUT2D eigenvalue weighted by Gasteiger charge is 2.53. The van der Waals surface area contributed by atoms with Crippen LogP contribution in [0.25, 0.3) is 54.6 Å². The Labute approximate surface area is 329 Å². The van der Waals surface area contributed by atoms with Gasteiger partial charge in [-0.25, -0.2) is 0 Å². The summed E-state index contributed by atoms with van der Waals surface area (Å²) in [7, 11) is 0. The average Bonchev–Trinajstić information content (AvgIpc) is 3.70. The SMILES string of the molecule is CC(C)c1ccc(N(c2ccc(C(C)C)cc2)c2ccc3cc4c(cc3c2)C2(c3ccccc3-c3ccccc32)c2c-4c3ccccc3c3ccccc23)cc1. The van der Waals surface area contributed by atoms with Gasteiger partial charge in [-0.3, -0.25) is 0 Å². The Hall–Kier alpha value is -6.44. The van der Waals surface area contributed by atoms with Crippen LogP contribution in [0.2, 0.25) is 0 Å². The lowest BCUT2D eigenvalue weighted by Crippen LogP contribution is -2.26. The van der Waals surface area contributed by atoms with Crippen LogP contribution in [0.15, 0.2) is 176 Å². The molecular weight excluding hydrogens is 675 g/mol. The van der Waals surface area contributed by atoms with E-state index in [1.165, 1.54) is 88.0 Å². The van der Waals surface area contributed by atoms with Gasteiger partial charge in [0.05, 0.1) is 5.41 Å². The molecule has 0 saturated heterocycles. The first-order valence-electron chi connectivity index (χ1n) is 20.2. The standard InChI is InChI=1S/C55H43N/c1-34(2)36-21-26-40(27-22-36)56(41-28-23-37(24-29-41)35(3)4)42-30-25-38-32-49-52(33-39(38)31-42)55(50-19-11-9-15-45(50)46-16-10-12-20-51(46)55)54-48-18-8-6-14-44(48)43-13-5-7-17-47(43)53(49)54/h5-35H,1-4H3. The number of fused-ring (bicyclic) bond motifs is 16. The summed E-state index contributed by atoms with van der Waals surface area (Å²) in [5.41, 5.74) is 16.6. The number of nitrogens with zero attached hydrogens (tertiary/aromatic N) is 1. The Balaban J connectivity index is 1.22. The lowest BCUT2D eigenvalue weighted by atomic mass is 9.69. The maximum absolute atomic E-state index is 2.54. The highest BCUT2D eigenvalue weighted by Crippen LogP contribution is 2.65. The zero-order valence-corrected chi connectivity index (χ0v) is 32.3. The quantitative estimate of drug-likeness (QED) is 0.160. The van der Waals surface area contributed by atoms with Crippen molar-refractivity contribution in [3.05, 3.63) is 209 Å². The summed E-state index contributed by atoms with van der Waals surface area (Å²) in [5, 5.41) is 7.75. The van der Waals surface area contributed by atoms with Crippen LogP contribution in [0, 0.1) is 0 Å². The number of rotatable bonds is 5. The predicted octanol–water partition coefficient (Wildman–Crippen LogP) is 15.2. The van der Waals surface area contributed by atoms with E-state index in [1.807, 2.05) is 0 Å². The van der Waals surface area contributed by atoms with E-state index in [2.05, 4.69) is 209 Å². The number of benzene rings is 9. The van der Waals surface area contributed by atoms with Gasteiger partial charge in [0, 0.05) is 17.1 Å². The van der Waals surface area contributed by atoms with Gasteiger partial charge < -0.3 is 4.90 Å². The van der Waals surface area contributed by atoms with Crippen molar-refractivity contribution in [2.45, 2.75) is 44.9 Å². The van der Waals surface area contributed by atoms with E-state index in [0.29, 0.717) is 11.8 Å². The molecule has 0 atom stereocenters. The van der Waals surface area contributed by atoms with Crippen LogP contribution in [0.3, 0.4) is 0 Å². The molecule has 0 radical (unpaired) electrons. The van der Waals surface area contributed by atoms with Gasteiger partial charge in [-0.15, -0.1) is 0 Å². The summed E-state index contributed by atoms with van der Waals surface area (Å²) >= 11 is 0. The largest absolute Gasteiger partial charge is 0.310 e. The normalized spacial score (nSPS) is 13.5. The summed E-state index contributed by atoms with van der Waals surface area (Å²) in [6.45, 7) is 9.04. The van der Waals surface area contributed by atoms with Gasteiger partial charge in [0.25, 0.3) is 0 Å². The summed E-state index contributed by atoms with van der Waals surface area (Å²) in [6, 6.07) is 66.8. The first-order valence-corrected chi connectivity index (χ1v) is 20.2. The van der Waals surface area contributed by atoms with E-state index < -0.39 is 5.41 Å². The Morgan fingerprint density at radius 2 is 0.857 bits per heavy atom. The molecule has 0 saturated carbocycles. The molecule has 0 heterocycles. The second kappa shape index (κ2) is 12.3. The van der Waals surface area contributed by atoms with Crippen LogP contribution in [0.4, 0.5) is 17.1 Å². The molecule has 2 aliphatic rings. The minimum Gasteiger partial charge on any atom is -0.310 e. The van der Waals surface area contributed by atoms with Crippen LogP contribution < -0.4 is 4.90 Å². The fourth-order valence-corrected chi connectivity index (χ4v) is 10.1. The average molecular weight is 718 g/mol. The summed E-state index contributed by atoms with van der Waals surface area (Å²) < 4.78 is 0. The zero-order chi connectivity index (χ0) is 37.7. The number of anilines is 3. The van der Waals surface area contributed by atoms with E-state index in [1.54, 1.807) is 0 Å². The molecule has 2 aliphatic carbocycles. The molecule has 0 amide bonds. The third-order valence-electron chi connectivity index (χ3n) is 12.8. The van der Waals surface area contributed by atoms with Gasteiger partial charge in [-0.05, 0) is 148 Å². The monoisotopic (exact) mass is 717 g/mol. The molecule has 9 aromatic carbocycles. The van der Waals surface area contributed by atoms with E-state index >= 15 is 0 Å². The first-order chi connectivity index (χ1) is 27.4. The molecule has 0 bridgehead atoms. The maximum atomic E-state index is 2.54. The van der Waals surface area contributed by atoms with Crippen molar-refractivity contribution in [3.63, 3.8) is 0 Å². The summed E-state index contributed by atoms with van der Waals surface area (Å²) in [6.07, 6.45) is 0. The molecular formula is C55H43N. The van der Waals surface area contributed by atoms with Crippen LogP contribution in [0.1, 0.15) is 72.9 Å². The van der Waals surface area contributed by atoms with E-state index in [-0.39, 0.29) is 0 Å². The third-order valence-corrected chi connectivity index (χ3v) is 12.8. The Kier molecular flexibility index (Phi) is 7.23. The van der Waals surface area contributed by atoms with Crippen LogP contribution >= 0.6 is 0 Å². The second-order valence-corrected chi connectivity index (χ2v) is 16.4. The Bertz CT molecular complexity index is 2920. The van der Waals surface area contributed by atoms with Gasteiger partial charge in [-0.1, -0.05) is 155 Å². The number of hydrogen-bond acceptors (Lipinski definition) is 1. The summed E-state index contributed by atoms with van der Waals surface area (Å²) in [4.78, 5) is 2.42. The lowest BCUT2D eigenvalue weighted by molar-refractivity contribution is 0.803. The zero-order valence-electron chi connectivity index (χ0n) is 32.3. The van der Waals surface area contributed by atoms with E-state index in [0.717, 1.165) is 17.1 Å². The van der Waals surface area contributed by atoms with Crippen molar-refractivity contribution in [2.24, 2.45) is 0 Å². The Morgan fingerprint density at radius 1 is 0.375 bits per heavy atom. The number of hydrogen-bond donors (Lipinski definition) is 0. The molecule has 9 aromatic rings. The second-order valence-electron chi connectivity index (χ2n) is 16.4. The van der Waals surface area contributed by atoms with Gasteiger partial charge in [0.2, 0.25) is 0 Å². The Morgan fingerprint density at radius 3 is 1.43 bits per heavy atom. The van der Waals surface area contributed by atoms with Crippen molar-refractivity contribution < 1.29 is 0 Å². The van der Waals surface area contributed by atoms with Crippen molar-refractivity contribution >= 4 is 49.4 Å². The third kappa shape index (κ3) is 4.55. The van der Waals surface area contributed by atoms with Gasteiger partial charge in [0.15, 0.2) is 0 Å². The molecule has 56 heavy (non-hydrogen) atoms. The maximum Gasteiger partial charge on any atom is 0.0731 e. The molecule has 1 spiro atoms. The predicted molar refractivity (Wildman–Crippen MR) is 238 cm³/mol. The van der Waals surface area contributed by atoms with Gasteiger partial charge in [-0.2, -0.15) is 0 Å². The molecule has 1 nitrogen and oxygen atoms in total.